The number of rotatable bonds is 5. The van der Waals surface area contributed by atoms with E-state index in [0.29, 0.717) is 24.1 Å². The predicted molar refractivity (Wildman–Crippen MR) is 140 cm³/mol. The number of nitrogens with zero attached hydrogens (tertiary/aromatic N) is 1. The van der Waals surface area contributed by atoms with Crippen LogP contribution in [0.25, 0.3) is 0 Å². The lowest BCUT2D eigenvalue weighted by molar-refractivity contribution is -0.148. The molecule has 5 heteroatoms. The first kappa shape index (κ1) is 23.4. The largest absolute Gasteiger partial charge is 0.460 e. The van der Waals surface area contributed by atoms with Crippen LogP contribution in [0.15, 0.2) is 106 Å². The molecule has 3 aromatic carbocycles. The Kier molecular flexibility index (Phi) is 6.78. The normalized spacial score (nSPS) is 21.8. The van der Waals surface area contributed by atoms with Gasteiger partial charge in [0.1, 0.15) is 12.5 Å². The molecule has 5 rings (SSSR count). The van der Waals surface area contributed by atoms with E-state index in [2.05, 4.69) is 28.1 Å². The molecular formula is C30H26BrNO3. The molecule has 1 heterocycles. The van der Waals surface area contributed by atoms with Crippen molar-refractivity contribution in [2.75, 3.05) is 0 Å². The first-order valence-electron chi connectivity index (χ1n) is 11.8. The molecule has 1 unspecified atom stereocenters. The molecule has 35 heavy (non-hydrogen) atoms. The van der Waals surface area contributed by atoms with E-state index in [9.17, 15) is 9.59 Å². The Morgan fingerprint density at radius 2 is 1.57 bits per heavy atom. The van der Waals surface area contributed by atoms with Crippen LogP contribution in [0.5, 0.6) is 0 Å². The van der Waals surface area contributed by atoms with Gasteiger partial charge >= 0.3 is 5.97 Å². The lowest BCUT2D eigenvalue weighted by Gasteiger charge is -2.36. The number of halogens is 1. The van der Waals surface area contributed by atoms with Crippen LogP contribution in [0, 0.1) is 5.92 Å². The van der Waals surface area contributed by atoms with Crippen LogP contribution in [-0.4, -0.2) is 17.5 Å². The second-order valence-corrected chi connectivity index (χ2v) is 10.1. The van der Waals surface area contributed by atoms with E-state index in [-0.39, 0.29) is 24.3 Å². The number of hydrogen-bond donors (Lipinski definition) is 0. The van der Waals surface area contributed by atoms with Crippen molar-refractivity contribution in [1.29, 1.82) is 0 Å². The molecule has 2 aliphatic rings. The van der Waals surface area contributed by atoms with Crippen LogP contribution in [0.2, 0.25) is 0 Å². The van der Waals surface area contributed by atoms with Gasteiger partial charge in [-0.15, -0.1) is 0 Å². The van der Waals surface area contributed by atoms with Gasteiger partial charge in [0, 0.05) is 33.8 Å². The van der Waals surface area contributed by atoms with E-state index < -0.39 is 11.8 Å². The lowest BCUT2D eigenvalue weighted by Crippen LogP contribution is -2.38. The number of allylic oxidation sites excluding steroid dienone is 2. The molecule has 3 aromatic rings. The first-order valence-corrected chi connectivity index (χ1v) is 12.6. The molecule has 1 aliphatic heterocycles. The molecule has 0 N–H and O–H groups in total. The van der Waals surface area contributed by atoms with Crippen LogP contribution in [0.4, 0.5) is 0 Å². The minimum atomic E-state index is -0.643. The highest BCUT2D eigenvalue weighted by atomic mass is 79.9. The van der Waals surface area contributed by atoms with Crippen LogP contribution >= 0.6 is 15.9 Å². The maximum absolute atomic E-state index is 13.6. The van der Waals surface area contributed by atoms with Crippen molar-refractivity contribution < 1.29 is 14.3 Å². The van der Waals surface area contributed by atoms with Gasteiger partial charge in [-0.05, 0) is 48.1 Å². The third kappa shape index (κ3) is 4.92. The Balaban J connectivity index is 1.51. The summed E-state index contributed by atoms with van der Waals surface area (Å²) in [6.07, 6.45) is 1.09. The summed E-state index contributed by atoms with van der Waals surface area (Å²) in [5.74, 6) is -1.26. The number of aliphatic imine (C=N–C) groups is 1. The van der Waals surface area contributed by atoms with Crippen molar-refractivity contribution in [3.63, 3.8) is 0 Å². The van der Waals surface area contributed by atoms with Gasteiger partial charge in [-0.1, -0.05) is 88.7 Å². The minimum Gasteiger partial charge on any atom is -0.460 e. The molecule has 0 saturated carbocycles. The number of esters is 1. The lowest BCUT2D eigenvalue weighted by atomic mass is 9.69. The van der Waals surface area contributed by atoms with Crippen LogP contribution < -0.4 is 0 Å². The Labute approximate surface area is 213 Å². The number of benzene rings is 3. The van der Waals surface area contributed by atoms with Gasteiger partial charge in [-0.25, -0.2) is 0 Å². The highest BCUT2D eigenvalue weighted by Crippen LogP contribution is 2.47. The van der Waals surface area contributed by atoms with Crippen molar-refractivity contribution in [3.05, 3.63) is 117 Å². The van der Waals surface area contributed by atoms with Crippen molar-refractivity contribution in [3.8, 4) is 0 Å². The molecule has 0 aromatic heterocycles. The smallest absolute Gasteiger partial charge is 0.315 e. The topological polar surface area (TPSA) is 55.7 Å². The molecule has 1 aliphatic carbocycles. The average Bonchev–Trinajstić information content (AvgIpc) is 2.88. The van der Waals surface area contributed by atoms with Gasteiger partial charge < -0.3 is 4.74 Å². The predicted octanol–water partition coefficient (Wildman–Crippen LogP) is 6.77. The van der Waals surface area contributed by atoms with Crippen molar-refractivity contribution in [1.82, 2.24) is 0 Å². The van der Waals surface area contributed by atoms with E-state index in [1.54, 1.807) is 0 Å². The molecule has 0 spiro atoms. The van der Waals surface area contributed by atoms with Crippen molar-refractivity contribution >= 4 is 33.4 Å². The fraction of sp³-hybridized carbons (Fsp3) is 0.233. The van der Waals surface area contributed by atoms with Gasteiger partial charge in [-0.2, -0.15) is 0 Å². The minimum absolute atomic E-state index is 0.0603. The van der Waals surface area contributed by atoms with Crippen molar-refractivity contribution in [2.45, 2.75) is 38.2 Å². The van der Waals surface area contributed by atoms with Crippen LogP contribution in [0.3, 0.4) is 0 Å². The number of carbonyl (C=O) groups is 2. The summed E-state index contributed by atoms with van der Waals surface area (Å²) in [4.78, 5) is 31.9. The van der Waals surface area contributed by atoms with Crippen molar-refractivity contribution in [2.24, 2.45) is 10.9 Å². The van der Waals surface area contributed by atoms with E-state index in [0.717, 1.165) is 26.9 Å². The second-order valence-electron chi connectivity index (χ2n) is 9.15. The fourth-order valence-corrected chi connectivity index (χ4v) is 5.44. The summed E-state index contributed by atoms with van der Waals surface area (Å²) < 4.78 is 6.70. The maximum Gasteiger partial charge on any atom is 0.315 e. The quantitative estimate of drug-likeness (QED) is 0.344. The standard InChI is InChI=1S/C30H26BrNO3/c1-19-27(30(34)35-18-20-8-4-2-5-9-20)28(22-12-14-24(31)15-13-22)29-25(32-19)16-23(17-26(29)33)21-10-6-3-7-11-21/h2-15,23,27-28H,16-18H2,1H3/t23-,27?,28-/m0/s1. The Hall–Kier alpha value is -3.31. The van der Waals surface area contributed by atoms with Crippen LogP contribution in [0.1, 0.15) is 48.3 Å². The van der Waals surface area contributed by atoms with Gasteiger partial charge in [0.05, 0.1) is 0 Å². The third-order valence-electron chi connectivity index (χ3n) is 6.87. The molecule has 0 bridgehead atoms. The molecule has 4 nitrogen and oxygen atoms in total. The molecule has 176 valence electrons. The van der Waals surface area contributed by atoms with E-state index in [1.807, 2.05) is 79.7 Å². The number of hydrogen-bond acceptors (Lipinski definition) is 4. The zero-order valence-electron chi connectivity index (χ0n) is 19.5. The molecular weight excluding hydrogens is 502 g/mol. The number of Topliss-reactive ketones (excluding diaryl/α,β-unsaturated/α-hetero) is 1. The first-order chi connectivity index (χ1) is 17.0. The second kappa shape index (κ2) is 10.1. The highest BCUT2D eigenvalue weighted by molar-refractivity contribution is 9.10. The summed E-state index contributed by atoms with van der Waals surface area (Å²) >= 11 is 3.50. The monoisotopic (exact) mass is 527 g/mol. The SMILES string of the molecule is CC1=NC2=C(C(=O)C[C@@H](c3ccccc3)C2)[C@@H](c2ccc(Br)cc2)C1C(=O)OCc1ccccc1. The maximum atomic E-state index is 13.6. The van der Waals surface area contributed by atoms with E-state index in [4.69, 9.17) is 9.73 Å². The summed E-state index contributed by atoms with van der Waals surface area (Å²) in [6.45, 7) is 2.06. The zero-order chi connectivity index (χ0) is 24.4. The van der Waals surface area contributed by atoms with Gasteiger partial charge in [0.25, 0.3) is 0 Å². The molecule has 0 saturated heterocycles. The van der Waals surface area contributed by atoms with Gasteiger partial charge in [-0.3, -0.25) is 14.6 Å². The van der Waals surface area contributed by atoms with Gasteiger partial charge in [0.2, 0.25) is 0 Å². The third-order valence-corrected chi connectivity index (χ3v) is 7.40. The van der Waals surface area contributed by atoms with Gasteiger partial charge in [0.15, 0.2) is 5.78 Å². The summed E-state index contributed by atoms with van der Waals surface area (Å²) in [5.41, 5.74) is 5.13. The molecule has 3 atom stereocenters. The summed E-state index contributed by atoms with van der Waals surface area (Å²) in [5, 5.41) is 0. The Bertz CT molecular complexity index is 1300. The highest BCUT2D eigenvalue weighted by Gasteiger charge is 2.44. The zero-order valence-corrected chi connectivity index (χ0v) is 21.1. The average molecular weight is 528 g/mol. The molecule has 0 fully saturated rings. The van der Waals surface area contributed by atoms with E-state index in [1.165, 1.54) is 0 Å². The fourth-order valence-electron chi connectivity index (χ4n) is 5.17. The summed E-state index contributed by atoms with van der Waals surface area (Å²) in [7, 11) is 0. The number of ketones is 1. The van der Waals surface area contributed by atoms with Crippen LogP contribution in [-0.2, 0) is 20.9 Å². The Morgan fingerprint density at radius 3 is 2.26 bits per heavy atom. The number of ether oxygens (including phenoxy) is 1. The molecule has 0 radical (unpaired) electrons. The summed E-state index contributed by atoms with van der Waals surface area (Å²) in [6, 6.07) is 27.6. The Morgan fingerprint density at radius 1 is 0.914 bits per heavy atom. The molecule has 0 amide bonds. The number of carbonyl (C=O) groups excluding carboxylic acids is 2. The van der Waals surface area contributed by atoms with E-state index >= 15 is 0 Å².